The van der Waals surface area contributed by atoms with Crippen molar-refractivity contribution in [3.8, 4) is 0 Å². The quantitative estimate of drug-likeness (QED) is 0.437. The van der Waals surface area contributed by atoms with E-state index in [0.717, 1.165) is 44.9 Å². The molecule has 4 fully saturated rings. The molecule has 0 aromatic heterocycles. The molecule has 0 spiro atoms. The van der Waals surface area contributed by atoms with E-state index in [1.165, 1.54) is 13.8 Å². The number of halogens is 1. The molecule has 4 aliphatic rings. The third-order valence-electron chi connectivity index (χ3n) is 9.00. The first-order valence-corrected chi connectivity index (χ1v) is 11.9. The average Bonchev–Trinajstić information content (AvgIpc) is 2.92. The number of fused-ring (bicyclic) bond motifs is 5. The first kappa shape index (κ1) is 21.3. The summed E-state index contributed by atoms with van der Waals surface area (Å²) in [6, 6.07) is 0. The van der Waals surface area contributed by atoms with Gasteiger partial charge in [-0.1, -0.05) is 29.8 Å². The van der Waals surface area contributed by atoms with E-state index in [1.54, 1.807) is 0 Å². The molecule has 0 unspecified atom stereocenters. The fraction of sp³-hybridized carbons (Fsp3) is 0.870. The van der Waals surface area contributed by atoms with Crippen LogP contribution in [0.3, 0.4) is 0 Å². The molecule has 0 aromatic carbocycles. The van der Waals surface area contributed by atoms with E-state index in [2.05, 4.69) is 29.8 Å². The highest BCUT2D eigenvalue weighted by Gasteiger charge is 2.70. The lowest BCUT2D eigenvalue weighted by atomic mass is 9.44. The largest absolute Gasteiger partial charge is 0.463 e. The van der Waals surface area contributed by atoms with E-state index in [-0.39, 0.29) is 46.7 Å². The van der Waals surface area contributed by atoms with Crippen molar-refractivity contribution in [2.24, 2.45) is 28.6 Å². The fourth-order valence-electron chi connectivity index (χ4n) is 7.63. The Labute approximate surface area is 181 Å². The van der Waals surface area contributed by atoms with Gasteiger partial charge in [0, 0.05) is 25.7 Å². The zero-order chi connectivity index (χ0) is 21.2. The minimum absolute atomic E-state index is 0.0259. The van der Waals surface area contributed by atoms with E-state index in [0.29, 0.717) is 18.3 Å². The van der Waals surface area contributed by atoms with Crippen LogP contribution in [-0.2, 0) is 23.9 Å². The maximum Gasteiger partial charge on any atom is 0.302 e. The molecular formula is C23H33BrO5. The first-order chi connectivity index (χ1) is 13.5. The predicted molar refractivity (Wildman–Crippen MR) is 111 cm³/mol. The fourth-order valence-corrected chi connectivity index (χ4v) is 8.84. The molecule has 4 rings (SSSR count). The Morgan fingerprint density at radius 2 is 1.62 bits per heavy atom. The van der Waals surface area contributed by atoms with Crippen molar-refractivity contribution < 1.29 is 23.9 Å². The van der Waals surface area contributed by atoms with Crippen molar-refractivity contribution in [3.63, 3.8) is 0 Å². The summed E-state index contributed by atoms with van der Waals surface area (Å²) in [4.78, 5) is 36.9. The number of esters is 2. The number of carbonyl (C=O) groups excluding carboxylic acids is 3. The summed E-state index contributed by atoms with van der Waals surface area (Å²) in [5.41, 5.74) is -0.396. The van der Waals surface area contributed by atoms with E-state index >= 15 is 0 Å². The second-order valence-corrected chi connectivity index (χ2v) is 11.7. The molecule has 0 aromatic rings. The Morgan fingerprint density at radius 3 is 2.28 bits per heavy atom. The Balaban J connectivity index is 1.63. The van der Waals surface area contributed by atoms with Crippen LogP contribution in [0, 0.1) is 28.6 Å². The first-order valence-electron chi connectivity index (χ1n) is 11.1. The normalized spacial score (nSPS) is 48.9. The highest BCUT2D eigenvalue weighted by atomic mass is 79.9. The SMILES string of the molecule is CC(=O)O[C@H]1CC[C@@]2(C)[C@@H](CC[C@H]3[C@@H]4CC[C@H](OC(C)=O)[C@@]4(C)CC(=O)[C@@]32Br)C1. The maximum atomic E-state index is 13.8. The number of alkyl halides is 1. The molecule has 4 saturated carbocycles. The molecule has 0 N–H and O–H groups in total. The summed E-state index contributed by atoms with van der Waals surface area (Å²) in [7, 11) is 0. The topological polar surface area (TPSA) is 69.7 Å². The van der Waals surface area contributed by atoms with Gasteiger partial charge in [0.2, 0.25) is 0 Å². The molecule has 0 aliphatic heterocycles. The smallest absolute Gasteiger partial charge is 0.302 e. The Hall–Kier alpha value is -0.910. The second-order valence-electron chi connectivity index (χ2n) is 10.4. The monoisotopic (exact) mass is 468 g/mol. The average molecular weight is 469 g/mol. The van der Waals surface area contributed by atoms with E-state index in [1.807, 2.05) is 0 Å². The number of ether oxygens (including phenoxy) is 2. The molecule has 162 valence electrons. The van der Waals surface area contributed by atoms with Crippen LogP contribution in [-0.4, -0.2) is 34.3 Å². The van der Waals surface area contributed by atoms with Gasteiger partial charge in [0.1, 0.15) is 12.2 Å². The number of Topliss-reactive ketones (excluding diaryl/α,β-unsaturated/α-hetero) is 1. The number of ketones is 1. The Bertz CT molecular complexity index is 737. The minimum atomic E-state index is -0.528. The molecular weight excluding hydrogens is 436 g/mol. The van der Waals surface area contributed by atoms with Crippen LogP contribution in [0.4, 0.5) is 0 Å². The standard InChI is InChI=1S/C23H33BrO5/c1-13(25)28-16-9-10-22(4)15(11-16)5-6-18-17-7-8-20(29-14(2)26)21(17,3)12-19(27)23(18,22)24/h15-18,20H,5-12H2,1-4H3/t15-,16-,17-,18-,20-,21-,22-,23-/m0/s1. The highest BCUT2D eigenvalue weighted by molar-refractivity contribution is 9.10. The molecule has 0 heterocycles. The van der Waals surface area contributed by atoms with Gasteiger partial charge in [0.05, 0.1) is 4.32 Å². The van der Waals surface area contributed by atoms with Gasteiger partial charge >= 0.3 is 11.9 Å². The number of carbonyl (C=O) groups is 3. The van der Waals surface area contributed by atoms with Gasteiger partial charge in [-0.05, 0) is 68.1 Å². The van der Waals surface area contributed by atoms with Crippen molar-refractivity contribution >= 4 is 33.7 Å². The van der Waals surface area contributed by atoms with Crippen LogP contribution < -0.4 is 0 Å². The summed E-state index contributed by atoms with van der Waals surface area (Å²) in [6.45, 7) is 7.38. The van der Waals surface area contributed by atoms with Gasteiger partial charge in [0.25, 0.3) is 0 Å². The summed E-state index contributed by atoms with van der Waals surface area (Å²) in [5.74, 6) is 0.828. The van der Waals surface area contributed by atoms with Gasteiger partial charge in [0.15, 0.2) is 5.78 Å². The second kappa shape index (κ2) is 7.06. The van der Waals surface area contributed by atoms with Gasteiger partial charge in [-0.2, -0.15) is 0 Å². The summed E-state index contributed by atoms with van der Waals surface area (Å²) < 4.78 is 10.7. The van der Waals surface area contributed by atoms with Crippen molar-refractivity contribution in [1.29, 1.82) is 0 Å². The summed E-state index contributed by atoms with van der Waals surface area (Å²) >= 11 is 4.07. The summed E-state index contributed by atoms with van der Waals surface area (Å²) in [5, 5.41) is 0. The number of rotatable bonds is 2. The van der Waals surface area contributed by atoms with Gasteiger partial charge < -0.3 is 9.47 Å². The van der Waals surface area contributed by atoms with E-state index < -0.39 is 4.32 Å². The van der Waals surface area contributed by atoms with Gasteiger partial charge in [-0.25, -0.2) is 0 Å². The van der Waals surface area contributed by atoms with Crippen molar-refractivity contribution in [1.82, 2.24) is 0 Å². The van der Waals surface area contributed by atoms with Crippen molar-refractivity contribution in [2.75, 3.05) is 0 Å². The molecule has 29 heavy (non-hydrogen) atoms. The molecule has 0 bridgehead atoms. The molecule has 8 atom stereocenters. The molecule has 0 amide bonds. The van der Waals surface area contributed by atoms with Crippen LogP contribution in [0.2, 0.25) is 0 Å². The molecule has 6 heteroatoms. The highest BCUT2D eigenvalue weighted by Crippen LogP contribution is 2.70. The molecule has 4 aliphatic carbocycles. The molecule has 0 saturated heterocycles. The predicted octanol–water partition coefficient (Wildman–Crippen LogP) is 4.59. The van der Waals surface area contributed by atoms with Crippen molar-refractivity contribution in [3.05, 3.63) is 0 Å². The molecule has 0 radical (unpaired) electrons. The lowest BCUT2D eigenvalue weighted by Gasteiger charge is -2.64. The van der Waals surface area contributed by atoms with E-state index in [9.17, 15) is 14.4 Å². The van der Waals surface area contributed by atoms with Gasteiger partial charge in [-0.15, -0.1) is 0 Å². The third kappa shape index (κ3) is 3.02. The maximum absolute atomic E-state index is 13.8. The minimum Gasteiger partial charge on any atom is -0.463 e. The lowest BCUT2D eigenvalue weighted by molar-refractivity contribution is -0.169. The Kier molecular flexibility index (Phi) is 5.20. The summed E-state index contributed by atoms with van der Waals surface area (Å²) in [6.07, 6.45) is 6.75. The van der Waals surface area contributed by atoms with Crippen LogP contribution in [0.1, 0.15) is 79.1 Å². The molecule has 5 nitrogen and oxygen atoms in total. The Morgan fingerprint density at radius 1 is 0.966 bits per heavy atom. The number of hydrogen-bond donors (Lipinski definition) is 0. The van der Waals surface area contributed by atoms with Crippen LogP contribution in [0.25, 0.3) is 0 Å². The van der Waals surface area contributed by atoms with Gasteiger partial charge in [-0.3, -0.25) is 14.4 Å². The van der Waals surface area contributed by atoms with Crippen LogP contribution in [0.5, 0.6) is 0 Å². The number of hydrogen-bond acceptors (Lipinski definition) is 5. The third-order valence-corrected chi connectivity index (χ3v) is 10.9. The lowest BCUT2D eigenvalue weighted by Crippen LogP contribution is -2.67. The van der Waals surface area contributed by atoms with Crippen LogP contribution in [0.15, 0.2) is 0 Å². The van der Waals surface area contributed by atoms with Crippen molar-refractivity contribution in [2.45, 2.75) is 95.6 Å². The zero-order valence-corrected chi connectivity index (χ0v) is 19.5. The van der Waals surface area contributed by atoms with E-state index in [4.69, 9.17) is 9.47 Å². The zero-order valence-electron chi connectivity index (χ0n) is 18.0. The van der Waals surface area contributed by atoms with Crippen LogP contribution >= 0.6 is 15.9 Å².